The van der Waals surface area contributed by atoms with E-state index in [0.29, 0.717) is 0 Å². The molecule has 2 rings (SSSR count). The lowest BCUT2D eigenvalue weighted by atomic mass is 10.2. The molecule has 0 atom stereocenters. The van der Waals surface area contributed by atoms with Gasteiger partial charge in [-0.1, -0.05) is 12.1 Å². The molecule has 0 radical (unpaired) electrons. The van der Waals surface area contributed by atoms with Crippen LogP contribution in [0.5, 0.6) is 5.75 Å². The van der Waals surface area contributed by atoms with Crippen LogP contribution in [0, 0.1) is 5.82 Å². The molecule has 18 heavy (non-hydrogen) atoms. The maximum absolute atomic E-state index is 12.8. The summed E-state index contributed by atoms with van der Waals surface area (Å²) in [4.78, 5) is 11.1. The molecule has 1 heterocycles. The number of methoxy groups -OCH3 is 1. The van der Waals surface area contributed by atoms with Crippen LogP contribution in [0.15, 0.2) is 30.5 Å². The number of aromatic nitrogens is 2. The lowest BCUT2D eigenvalue weighted by molar-refractivity contribution is 0.0680. The van der Waals surface area contributed by atoms with E-state index < -0.39 is 5.97 Å². The van der Waals surface area contributed by atoms with Crippen LogP contribution >= 0.6 is 0 Å². The Morgan fingerprint density at radius 2 is 2.11 bits per heavy atom. The highest BCUT2D eigenvalue weighted by Gasteiger charge is 2.18. The van der Waals surface area contributed by atoms with Crippen molar-refractivity contribution in [3.8, 4) is 5.75 Å². The Bertz CT molecular complexity index is 563. The van der Waals surface area contributed by atoms with E-state index in [1.807, 2.05) is 0 Å². The average molecular weight is 250 g/mol. The van der Waals surface area contributed by atoms with Gasteiger partial charge in [-0.2, -0.15) is 5.10 Å². The molecular weight excluding hydrogens is 239 g/mol. The highest BCUT2D eigenvalue weighted by atomic mass is 19.1. The van der Waals surface area contributed by atoms with E-state index in [1.54, 1.807) is 12.1 Å². The second-order valence-corrected chi connectivity index (χ2v) is 3.65. The number of hydrogen-bond donors (Lipinski definition) is 1. The summed E-state index contributed by atoms with van der Waals surface area (Å²) in [6.07, 6.45) is 1.34. The van der Waals surface area contributed by atoms with E-state index in [1.165, 1.54) is 30.1 Å². The van der Waals surface area contributed by atoms with Gasteiger partial charge in [-0.05, 0) is 17.7 Å². The second-order valence-electron chi connectivity index (χ2n) is 3.65. The van der Waals surface area contributed by atoms with Gasteiger partial charge < -0.3 is 9.84 Å². The Labute approximate surface area is 102 Å². The molecule has 0 saturated carbocycles. The molecule has 6 heteroatoms. The molecule has 0 unspecified atom stereocenters. The van der Waals surface area contributed by atoms with Crippen LogP contribution in [0.4, 0.5) is 4.39 Å². The van der Waals surface area contributed by atoms with Gasteiger partial charge in [0, 0.05) is 0 Å². The number of carboxylic acid groups (broad SMARTS) is 1. The van der Waals surface area contributed by atoms with E-state index in [4.69, 9.17) is 9.84 Å². The largest absolute Gasteiger partial charge is 0.493 e. The molecule has 94 valence electrons. The normalized spacial score (nSPS) is 10.3. The fourth-order valence-corrected chi connectivity index (χ4v) is 1.62. The van der Waals surface area contributed by atoms with Gasteiger partial charge in [0.15, 0.2) is 11.4 Å². The Hall–Kier alpha value is -2.37. The SMILES string of the molecule is COc1cnn(Cc2ccc(F)cc2)c1C(=O)O. The predicted molar refractivity (Wildman–Crippen MR) is 61.2 cm³/mol. The van der Waals surface area contributed by atoms with E-state index in [-0.39, 0.29) is 23.8 Å². The minimum atomic E-state index is -1.12. The summed E-state index contributed by atoms with van der Waals surface area (Å²) in [7, 11) is 1.38. The van der Waals surface area contributed by atoms with Gasteiger partial charge in [-0.3, -0.25) is 4.68 Å². The van der Waals surface area contributed by atoms with Crippen LogP contribution < -0.4 is 4.74 Å². The van der Waals surface area contributed by atoms with Crippen molar-refractivity contribution in [2.24, 2.45) is 0 Å². The van der Waals surface area contributed by atoms with E-state index in [0.717, 1.165) is 5.56 Å². The third-order valence-corrected chi connectivity index (χ3v) is 2.47. The van der Waals surface area contributed by atoms with Gasteiger partial charge in [-0.15, -0.1) is 0 Å². The van der Waals surface area contributed by atoms with Gasteiger partial charge in [0.1, 0.15) is 5.82 Å². The molecule has 0 aliphatic carbocycles. The fraction of sp³-hybridized carbons (Fsp3) is 0.167. The second kappa shape index (κ2) is 4.87. The van der Waals surface area contributed by atoms with Crippen LogP contribution in [0.2, 0.25) is 0 Å². The monoisotopic (exact) mass is 250 g/mol. The minimum absolute atomic E-state index is 0.0261. The molecule has 0 fully saturated rings. The maximum atomic E-state index is 12.8. The summed E-state index contributed by atoms with van der Waals surface area (Å²) in [6.45, 7) is 0.241. The molecule has 0 saturated heterocycles. The lowest BCUT2D eigenvalue weighted by Crippen LogP contribution is -2.11. The maximum Gasteiger partial charge on any atom is 0.358 e. The van der Waals surface area contributed by atoms with Gasteiger partial charge >= 0.3 is 5.97 Å². The summed E-state index contributed by atoms with van der Waals surface area (Å²) in [6, 6.07) is 5.79. The summed E-state index contributed by atoms with van der Waals surface area (Å²) in [5.41, 5.74) is 0.728. The predicted octanol–water partition coefficient (Wildman–Crippen LogP) is 1.78. The Balaban J connectivity index is 2.31. The number of carbonyl (C=O) groups is 1. The van der Waals surface area contributed by atoms with Crippen molar-refractivity contribution in [3.05, 3.63) is 47.5 Å². The first-order valence-corrected chi connectivity index (χ1v) is 5.19. The topological polar surface area (TPSA) is 64.4 Å². The first kappa shape index (κ1) is 12.1. The Kier molecular flexibility index (Phi) is 3.27. The van der Waals surface area contributed by atoms with Crippen molar-refractivity contribution in [1.82, 2.24) is 9.78 Å². The number of carboxylic acids is 1. The number of ether oxygens (including phenoxy) is 1. The van der Waals surface area contributed by atoms with Gasteiger partial charge in [0.25, 0.3) is 0 Å². The number of halogens is 1. The fourth-order valence-electron chi connectivity index (χ4n) is 1.62. The van der Waals surface area contributed by atoms with E-state index >= 15 is 0 Å². The standard InChI is InChI=1S/C12H11FN2O3/c1-18-10-6-14-15(11(10)12(16)17)7-8-2-4-9(13)5-3-8/h2-6H,7H2,1H3,(H,16,17). The molecule has 0 bridgehead atoms. The van der Waals surface area contributed by atoms with Crippen LogP contribution in [0.3, 0.4) is 0 Å². The van der Waals surface area contributed by atoms with Gasteiger partial charge in [0.05, 0.1) is 19.9 Å². The highest BCUT2D eigenvalue weighted by Crippen LogP contribution is 2.18. The molecule has 0 aliphatic rings. The summed E-state index contributed by atoms with van der Waals surface area (Å²) < 4.78 is 19.0. The van der Waals surface area contributed by atoms with Crippen LogP contribution in [-0.2, 0) is 6.54 Å². The van der Waals surface area contributed by atoms with Crippen molar-refractivity contribution in [2.75, 3.05) is 7.11 Å². The quantitative estimate of drug-likeness (QED) is 0.898. The van der Waals surface area contributed by atoms with Gasteiger partial charge in [0.2, 0.25) is 0 Å². The Morgan fingerprint density at radius 1 is 1.44 bits per heavy atom. The molecule has 1 aromatic heterocycles. The Morgan fingerprint density at radius 3 is 2.67 bits per heavy atom. The van der Waals surface area contributed by atoms with Crippen molar-refractivity contribution >= 4 is 5.97 Å². The number of benzene rings is 1. The third kappa shape index (κ3) is 2.32. The van der Waals surface area contributed by atoms with Crippen molar-refractivity contribution in [1.29, 1.82) is 0 Å². The summed E-state index contributed by atoms with van der Waals surface area (Å²) in [5, 5.41) is 13.0. The average Bonchev–Trinajstić information content (AvgIpc) is 2.75. The number of hydrogen-bond acceptors (Lipinski definition) is 3. The molecule has 5 nitrogen and oxygen atoms in total. The van der Waals surface area contributed by atoms with E-state index in [2.05, 4.69) is 5.10 Å². The number of nitrogens with zero attached hydrogens (tertiary/aromatic N) is 2. The molecule has 0 aliphatic heterocycles. The zero-order valence-electron chi connectivity index (χ0n) is 9.63. The molecule has 1 N–H and O–H groups in total. The smallest absolute Gasteiger partial charge is 0.358 e. The summed E-state index contributed by atoms with van der Waals surface area (Å²) in [5.74, 6) is -1.26. The molecule has 0 amide bonds. The molecule has 1 aromatic carbocycles. The highest BCUT2D eigenvalue weighted by molar-refractivity contribution is 5.88. The molecule has 2 aromatic rings. The van der Waals surface area contributed by atoms with Crippen LogP contribution in [0.25, 0.3) is 0 Å². The van der Waals surface area contributed by atoms with E-state index in [9.17, 15) is 9.18 Å². The zero-order valence-corrected chi connectivity index (χ0v) is 9.63. The first-order valence-electron chi connectivity index (χ1n) is 5.19. The number of rotatable bonds is 4. The van der Waals surface area contributed by atoms with Gasteiger partial charge in [-0.25, -0.2) is 9.18 Å². The first-order chi connectivity index (χ1) is 8.61. The molecule has 0 spiro atoms. The van der Waals surface area contributed by atoms with Crippen molar-refractivity contribution in [3.63, 3.8) is 0 Å². The van der Waals surface area contributed by atoms with Crippen LogP contribution in [-0.4, -0.2) is 28.0 Å². The zero-order chi connectivity index (χ0) is 13.1. The molecular formula is C12H11FN2O3. The van der Waals surface area contributed by atoms with Crippen LogP contribution in [0.1, 0.15) is 16.1 Å². The number of aromatic carboxylic acids is 1. The lowest BCUT2D eigenvalue weighted by Gasteiger charge is -2.05. The van der Waals surface area contributed by atoms with Crippen molar-refractivity contribution in [2.45, 2.75) is 6.54 Å². The summed E-state index contributed by atoms with van der Waals surface area (Å²) >= 11 is 0. The third-order valence-electron chi connectivity index (χ3n) is 2.47. The van der Waals surface area contributed by atoms with Crippen molar-refractivity contribution < 1.29 is 19.0 Å². The minimum Gasteiger partial charge on any atom is -0.493 e.